The van der Waals surface area contributed by atoms with Crippen LogP contribution in [0.4, 0.5) is 18.9 Å². The van der Waals surface area contributed by atoms with Gasteiger partial charge < -0.3 is 15.4 Å². The number of carbonyl (C=O) groups excluding carboxylic acids is 1. The molecule has 2 rings (SSSR count). The highest BCUT2D eigenvalue weighted by Gasteiger charge is 2.30. The van der Waals surface area contributed by atoms with Gasteiger partial charge in [-0.2, -0.15) is 13.2 Å². The third-order valence-electron chi connectivity index (χ3n) is 3.16. The molecule has 2 N–H and O–H groups in total. The molecule has 1 heterocycles. The van der Waals surface area contributed by atoms with Gasteiger partial charge in [-0.15, -0.1) is 12.4 Å². The van der Waals surface area contributed by atoms with Crippen molar-refractivity contribution in [1.82, 2.24) is 5.32 Å². The SMILES string of the molecule is Cl.O=C(CNCC1CCCO1)Nc1cccc(C(F)(F)F)c1. The minimum Gasteiger partial charge on any atom is -0.377 e. The van der Waals surface area contributed by atoms with E-state index in [9.17, 15) is 18.0 Å². The Labute approximate surface area is 132 Å². The Balaban J connectivity index is 0.00000242. The first-order chi connectivity index (χ1) is 9.95. The number of alkyl halides is 3. The van der Waals surface area contributed by atoms with E-state index in [1.165, 1.54) is 12.1 Å². The zero-order chi connectivity index (χ0) is 15.3. The lowest BCUT2D eigenvalue weighted by Crippen LogP contribution is -2.33. The molecule has 1 aromatic carbocycles. The van der Waals surface area contributed by atoms with Crippen molar-refractivity contribution < 1.29 is 22.7 Å². The number of halogens is 4. The van der Waals surface area contributed by atoms with Gasteiger partial charge in [-0.25, -0.2) is 0 Å². The molecule has 1 aromatic rings. The van der Waals surface area contributed by atoms with E-state index >= 15 is 0 Å². The smallest absolute Gasteiger partial charge is 0.377 e. The second-order valence-corrected chi connectivity index (χ2v) is 4.89. The van der Waals surface area contributed by atoms with Gasteiger partial charge in [-0.1, -0.05) is 6.07 Å². The summed E-state index contributed by atoms with van der Waals surface area (Å²) >= 11 is 0. The number of nitrogens with one attached hydrogen (secondary N) is 2. The van der Waals surface area contributed by atoms with Crippen molar-refractivity contribution in [2.24, 2.45) is 0 Å². The lowest BCUT2D eigenvalue weighted by Gasteiger charge is -2.12. The number of hydrogen-bond donors (Lipinski definition) is 2. The van der Waals surface area contributed by atoms with Crippen LogP contribution in [0.5, 0.6) is 0 Å². The van der Waals surface area contributed by atoms with E-state index in [4.69, 9.17) is 4.74 Å². The van der Waals surface area contributed by atoms with Gasteiger partial charge in [0.1, 0.15) is 0 Å². The van der Waals surface area contributed by atoms with Gasteiger partial charge >= 0.3 is 6.18 Å². The molecule has 0 radical (unpaired) electrons. The van der Waals surface area contributed by atoms with E-state index in [0.29, 0.717) is 6.54 Å². The maximum Gasteiger partial charge on any atom is 0.416 e. The van der Waals surface area contributed by atoms with Crippen LogP contribution in [-0.2, 0) is 15.7 Å². The van der Waals surface area contributed by atoms with E-state index < -0.39 is 11.7 Å². The topological polar surface area (TPSA) is 50.4 Å². The fourth-order valence-corrected chi connectivity index (χ4v) is 2.13. The van der Waals surface area contributed by atoms with Crippen molar-refractivity contribution in [3.05, 3.63) is 29.8 Å². The highest BCUT2D eigenvalue weighted by molar-refractivity contribution is 5.92. The van der Waals surface area contributed by atoms with Gasteiger partial charge in [0.15, 0.2) is 0 Å². The number of benzene rings is 1. The highest BCUT2D eigenvalue weighted by Crippen LogP contribution is 2.30. The standard InChI is InChI=1S/C14H17F3N2O2.ClH/c15-14(16,17)10-3-1-4-11(7-10)19-13(20)9-18-8-12-5-2-6-21-12;/h1,3-4,7,12,18H,2,5-6,8-9H2,(H,19,20);1H. The summed E-state index contributed by atoms with van der Waals surface area (Å²) in [6.45, 7) is 1.34. The van der Waals surface area contributed by atoms with Crippen LogP contribution in [0.2, 0.25) is 0 Å². The van der Waals surface area contributed by atoms with Crippen molar-refractivity contribution in [3.63, 3.8) is 0 Å². The second kappa shape index (κ2) is 8.36. The molecular weight excluding hydrogens is 321 g/mol. The minimum atomic E-state index is -4.42. The van der Waals surface area contributed by atoms with E-state index in [0.717, 1.165) is 31.6 Å². The lowest BCUT2D eigenvalue weighted by atomic mass is 10.2. The summed E-state index contributed by atoms with van der Waals surface area (Å²) in [7, 11) is 0. The molecule has 1 saturated heterocycles. The first-order valence-corrected chi connectivity index (χ1v) is 6.74. The van der Waals surface area contributed by atoms with Crippen LogP contribution in [0.25, 0.3) is 0 Å². The quantitative estimate of drug-likeness (QED) is 0.868. The van der Waals surface area contributed by atoms with Crippen molar-refractivity contribution in [2.45, 2.75) is 25.1 Å². The molecule has 1 aliphatic heterocycles. The minimum absolute atomic E-state index is 0. The lowest BCUT2D eigenvalue weighted by molar-refractivity contribution is -0.137. The van der Waals surface area contributed by atoms with Gasteiger partial charge in [0, 0.05) is 18.8 Å². The number of carbonyl (C=O) groups is 1. The van der Waals surface area contributed by atoms with Gasteiger partial charge in [-0.05, 0) is 31.0 Å². The number of ether oxygens (including phenoxy) is 1. The predicted molar refractivity (Wildman–Crippen MR) is 79.2 cm³/mol. The molecule has 1 atom stereocenters. The number of anilines is 1. The maximum absolute atomic E-state index is 12.5. The molecule has 22 heavy (non-hydrogen) atoms. The Kier molecular flexibility index (Phi) is 7.12. The first kappa shape index (κ1) is 18.7. The fraction of sp³-hybridized carbons (Fsp3) is 0.500. The third-order valence-corrected chi connectivity index (χ3v) is 3.16. The average molecular weight is 339 g/mol. The Hall–Kier alpha value is -1.31. The summed E-state index contributed by atoms with van der Waals surface area (Å²) in [6.07, 6.45) is -2.32. The van der Waals surface area contributed by atoms with Crippen LogP contribution < -0.4 is 10.6 Å². The Bertz CT molecular complexity index is 491. The molecule has 0 spiro atoms. The van der Waals surface area contributed by atoms with Crippen LogP contribution in [-0.4, -0.2) is 31.7 Å². The third kappa shape index (κ3) is 5.82. The molecule has 8 heteroatoms. The van der Waals surface area contributed by atoms with Crippen molar-refractivity contribution in [3.8, 4) is 0 Å². The van der Waals surface area contributed by atoms with E-state index in [1.807, 2.05) is 0 Å². The monoisotopic (exact) mass is 338 g/mol. The Morgan fingerprint density at radius 3 is 2.77 bits per heavy atom. The fourth-order valence-electron chi connectivity index (χ4n) is 2.13. The molecule has 0 aromatic heterocycles. The van der Waals surface area contributed by atoms with Crippen LogP contribution in [0.15, 0.2) is 24.3 Å². The summed E-state index contributed by atoms with van der Waals surface area (Å²) in [5.41, 5.74) is -0.652. The molecule has 0 saturated carbocycles. The Morgan fingerprint density at radius 1 is 1.36 bits per heavy atom. The summed E-state index contributed by atoms with van der Waals surface area (Å²) < 4.78 is 43.0. The summed E-state index contributed by atoms with van der Waals surface area (Å²) in [6, 6.07) is 4.56. The molecule has 0 aliphatic carbocycles. The first-order valence-electron chi connectivity index (χ1n) is 6.74. The van der Waals surface area contributed by atoms with Gasteiger partial charge in [0.25, 0.3) is 0 Å². The zero-order valence-electron chi connectivity index (χ0n) is 11.8. The van der Waals surface area contributed by atoms with E-state index in [1.54, 1.807) is 0 Å². The number of amides is 1. The van der Waals surface area contributed by atoms with Gasteiger partial charge in [0.2, 0.25) is 5.91 Å². The molecule has 124 valence electrons. The molecule has 1 fully saturated rings. The van der Waals surface area contributed by atoms with Crippen LogP contribution >= 0.6 is 12.4 Å². The van der Waals surface area contributed by atoms with Crippen molar-refractivity contribution in [1.29, 1.82) is 0 Å². The Morgan fingerprint density at radius 2 is 2.14 bits per heavy atom. The molecule has 0 bridgehead atoms. The van der Waals surface area contributed by atoms with Gasteiger partial charge in [0.05, 0.1) is 18.2 Å². The predicted octanol–water partition coefficient (Wildman–Crippen LogP) is 2.83. The molecule has 4 nitrogen and oxygen atoms in total. The van der Waals surface area contributed by atoms with Crippen molar-refractivity contribution >= 4 is 24.0 Å². The zero-order valence-corrected chi connectivity index (χ0v) is 12.6. The summed E-state index contributed by atoms with van der Waals surface area (Å²) in [5, 5.41) is 5.37. The number of hydrogen-bond acceptors (Lipinski definition) is 3. The molecule has 1 amide bonds. The van der Waals surface area contributed by atoms with E-state index in [-0.39, 0.29) is 36.7 Å². The van der Waals surface area contributed by atoms with Crippen LogP contribution in [0.1, 0.15) is 18.4 Å². The van der Waals surface area contributed by atoms with E-state index in [2.05, 4.69) is 10.6 Å². The summed E-state index contributed by atoms with van der Waals surface area (Å²) in [5.74, 6) is -0.382. The van der Waals surface area contributed by atoms with Crippen LogP contribution in [0.3, 0.4) is 0 Å². The second-order valence-electron chi connectivity index (χ2n) is 4.89. The largest absolute Gasteiger partial charge is 0.416 e. The van der Waals surface area contributed by atoms with Crippen LogP contribution in [0, 0.1) is 0 Å². The van der Waals surface area contributed by atoms with Gasteiger partial charge in [-0.3, -0.25) is 4.79 Å². The highest BCUT2D eigenvalue weighted by atomic mass is 35.5. The maximum atomic E-state index is 12.5. The molecular formula is C14H18ClF3N2O2. The average Bonchev–Trinajstić information content (AvgIpc) is 2.91. The number of rotatable bonds is 5. The molecule has 1 unspecified atom stereocenters. The normalized spacial score (nSPS) is 17.9. The molecule has 1 aliphatic rings. The summed E-state index contributed by atoms with van der Waals surface area (Å²) in [4.78, 5) is 11.7. The van der Waals surface area contributed by atoms with Crippen molar-refractivity contribution in [2.75, 3.05) is 25.0 Å².